The van der Waals surface area contributed by atoms with Crippen molar-refractivity contribution in [3.05, 3.63) is 28.2 Å². The van der Waals surface area contributed by atoms with Crippen LogP contribution in [0.15, 0.2) is 22.7 Å². The van der Waals surface area contributed by atoms with E-state index in [1.54, 1.807) is 7.11 Å². The van der Waals surface area contributed by atoms with Crippen molar-refractivity contribution >= 4 is 32.7 Å². The Labute approximate surface area is 109 Å². The fourth-order valence-electron chi connectivity index (χ4n) is 1.81. The van der Waals surface area contributed by atoms with Crippen LogP contribution in [0.25, 0.3) is 10.9 Å². The summed E-state index contributed by atoms with van der Waals surface area (Å²) in [6, 6.07) is 6.02. The summed E-state index contributed by atoms with van der Waals surface area (Å²) in [7, 11) is 1.66. The predicted molar refractivity (Wildman–Crippen MR) is 74.9 cm³/mol. The summed E-state index contributed by atoms with van der Waals surface area (Å²) in [5, 5.41) is 4.33. The van der Waals surface area contributed by atoms with Crippen LogP contribution in [0.5, 0.6) is 5.75 Å². The third-order valence-electron chi connectivity index (χ3n) is 2.65. The monoisotopic (exact) mass is 294 g/mol. The Balaban J connectivity index is 2.73. The van der Waals surface area contributed by atoms with E-state index < -0.39 is 0 Å². The largest absolute Gasteiger partial charge is 0.494 e. The minimum atomic E-state index is 0.794. The first-order valence-corrected chi connectivity index (χ1v) is 6.34. The van der Waals surface area contributed by atoms with Crippen molar-refractivity contribution in [3.63, 3.8) is 0 Å². The van der Waals surface area contributed by atoms with E-state index in [-0.39, 0.29) is 0 Å². The summed E-state index contributed by atoms with van der Waals surface area (Å²) in [6.45, 7) is 4.97. The van der Waals surface area contributed by atoms with E-state index in [0.29, 0.717) is 0 Å². The number of ether oxygens (including phenoxy) is 1. The average molecular weight is 295 g/mol. The van der Waals surface area contributed by atoms with Gasteiger partial charge in [-0.15, -0.1) is 0 Å². The number of rotatable bonds is 3. The molecule has 0 aliphatic heterocycles. The summed E-state index contributed by atoms with van der Waals surface area (Å²) in [5.74, 6) is 1.71. The molecule has 0 saturated carbocycles. The van der Waals surface area contributed by atoms with Crippen molar-refractivity contribution in [3.8, 4) is 5.75 Å². The van der Waals surface area contributed by atoms with Gasteiger partial charge in [-0.3, -0.25) is 0 Å². The van der Waals surface area contributed by atoms with Gasteiger partial charge in [0.1, 0.15) is 17.1 Å². The van der Waals surface area contributed by atoms with Gasteiger partial charge in [-0.25, -0.2) is 4.98 Å². The van der Waals surface area contributed by atoms with E-state index in [1.165, 1.54) is 0 Å². The highest BCUT2D eigenvalue weighted by Gasteiger charge is 2.09. The van der Waals surface area contributed by atoms with Crippen molar-refractivity contribution in [2.75, 3.05) is 19.0 Å². The number of nitrogens with one attached hydrogen (secondary N) is 1. The van der Waals surface area contributed by atoms with Crippen LogP contribution in [-0.2, 0) is 0 Å². The number of hydrogen-bond donors (Lipinski definition) is 1. The highest BCUT2D eigenvalue weighted by atomic mass is 79.9. The molecular weight excluding hydrogens is 280 g/mol. The second-order valence-corrected chi connectivity index (χ2v) is 4.68. The topological polar surface area (TPSA) is 34.2 Å². The molecule has 2 aromatic rings. The molecule has 3 nitrogen and oxygen atoms in total. The van der Waals surface area contributed by atoms with Crippen molar-refractivity contribution in [2.24, 2.45) is 0 Å². The molecule has 1 N–H and O–H groups in total. The molecule has 0 radical (unpaired) electrons. The van der Waals surface area contributed by atoms with Crippen LogP contribution in [-0.4, -0.2) is 18.6 Å². The molecule has 0 bridgehead atoms. The smallest absolute Gasteiger partial charge is 0.145 e. The molecule has 90 valence electrons. The molecule has 0 aliphatic carbocycles. The van der Waals surface area contributed by atoms with Gasteiger partial charge in [-0.2, -0.15) is 0 Å². The molecule has 0 spiro atoms. The molecule has 0 atom stereocenters. The molecule has 0 fully saturated rings. The molecule has 2 rings (SSSR count). The minimum absolute atomic E-state index is 0.794. The van der Waals surface area contributed by atoms with E-state index in [0.717, 1.165) is 39.1 Å². The van der Waals surface area contributed by atoms with Crippen molar-refractivity contribution in [1.82, 2.24) is 4.98 Å². The van der Waals surface area contributed by atoms with Gasteiger partial charge in [0.05, 0.1) is 7.11 Å². The van der Waals surface area contributed by atoms with Crippen molar-refractivity contribution < 1.29 is 4.74 Å². The summed E-state index contributed by atoms with van der Waals surface area (Å²) < 4.78 is 6.38. The first-order chi connectivity index (χ1) is 8.17. The van der Waals surface area contributed by atoms with Gasteiger partial charge in [-0.1, -0.05) is 15.9 Å². The number of aryl methyl sites for hydroxylation is 1. The lowest BCUT2D eigenvalue weighted by molar-refractivity contribution is 0.419. The molecule has 1 aromatic heterocycles. The molecule has 1 aromatic carbocycles. The molecule has 0 unspecified atom stereocenters. The Kier molecular flexibility index (Phi) is 3.52. The quantitative estimate of drug-likeness (QED) is 0.936. The van der Waals surface area contributed by atoms with Gasteiger partial charge in [-0.05, 0) is 37.6 Å². The van der Waals surface area contributed by atoms with E-state index in [9.17, 15) is 0 Å². The number of hydrogen-bond acceptors (Lipinski definition) is 3. The maximum absolute atomic E-state index is 5.34. The second-order valence-electron chi connectivity index (χ2n) is 3.83. The Hall–Kier alpha value is -1.29. The van der Waals surface area contributed by atoms with Gasteiger partial charge >= 0.3 is 0 Å². The molecule has 4 heteroatoms. The summed E-state index contributed by atoms with van der Waals surface area (Å²) in [4.78, 5) is 4.63. The van der Waals surface area contributed by atoms with Crippen LogP contribution in [0, 0.1) is 6.92 Å². The van der Waals surface area contributed by atoms with E-state index in [1.807, 2.05) is 12.1 Å². The Morgan fingerprint density at radius 1 is 1.41 bits per heavy atom. The Morgan fingerprint density at radius 3 is 2.82 bits per heavy atom. The summed E-state index contributed by atoms with van der Waals surface area (Å²) in [5.41, 5.74) is 2.01. The van der Waals surface area contributed by atoms with Gasteiger partial charge in [0.25, 0.3) is 0 Å². The predicted octanol–water partition coefficient (Wildman–Crippen LogP) is 3.75. The van der Waals surface area contributed by atoms with Gasteiger partial charge in [0.15, 0.2) is 0 Å². The molecule has 0 amide bonds. The van der Waals surface area contributed by atoms with Crippen LogP contribution in [0.3, 0.4) is 0 Å². The maximum Gasteiger partial charge on any atom is 0.145 e. The SMILES string of the molecule is CCNc1nc2c(OC)ccc(Br)c2cc1C. The minimum Gasteiger partial charge on any atom is -0.494 e. The van der Waals surface area contributed by atoms with Gasteiger partial charge in [0.2, 0.25) is 0 Å². The highest BCUT2D eigenvalue weighted by molar-refractivity contribution is 9.10. The van der Waals surface area contributed by atoms with Crippen LogP contribution in [0.1, 0.15) is 12.5 Å². The number of benzene rings is 1. The first kappa shape index (κ1) is 12.2. The van der Waals surface area contributed by atoms with Crippen molar-refractivity contribution in [1.29, 1.82) is 0 Å². The zero-order valence-electron chi connectivity index (χ0n) is 10.2. The zero-order chi connectivity index (χ0) is 12.4. The summed E-state index contributed by atoms with van der Waals surface area (Å²) >= 11 is 3.54. The third kappa shape index (κ3) is 2.22. The number of pyridine rings is 1. The van der Waals surface area contributed by atoms with Crippen LogP contribution in [0.2, 0.25) is 0 Å². The third-order valence-corrected chi connectivity index (χ3v) is 3.34. The number of methoxy groups -OCH3 is 1. The van der Waals surface area contributed by atoms with Gasteiger partial charge < -0.3 is 10.1 Å². The standard InChI is InChI=1S/C13H15BrN2O/c1-4-15-13-8(2)7-9-10(14)5-6-11(17-3)12(9)16-13/h5-7H,4H2,1-3H3,(H,15,16). The lowest BCUT2D eigenvalue weighted by Gasteiger charge is -2.11. The average Bonchev–Trinajstić information content (AvgIpc) is 2.32. The van der Waals surface area contributed by atoms with Crippen LogP contribution < -0.4 is 10.1 Å². The lowest BCUT2D eigenvalue weighted by Crippen LogP contribution is -2.02. The molecule has 0 aliphatic rings. The second kappa shape index (κ2) is 4.92. The van der Waals surface area contributed by atoms with Crippen molar-refractivity contribution in [2.45, 2.75) is 13.8 Å². The van der Waals surface area contributed by atoms with E-state index in [4.69, 9.17) is 4.74 Å². The van der Waals surface area contributed by atoms with E-state index in [2.05, 4.69) is 46.1 Å². The van der Waals surface area contributed by atoms with Gasteiger partial charge in [0, 0.05) is 16.4 Å². The number of nitrogens with zero attached hydrogens (tertiary/aromatic N) is 1. The molecule has 0 saturated heterocycles. The normalized spacial score (nSPS) is 10.6. The molecule has 1 heterocycles. The van der Waals surface area contributed by atoms with Crippen LogP contribution >= 0.6 is 15.9 Å². The lowest BCUT2D eigenvalue weighted by atomic mass is 10.1. The fourth-order valence-corrected chi connectivity index (χ4v) is 2.25. The highest BCUT2D eigenvalue weighted by Crippen LogP contribution is 2.32. The molecule has 17 heavy (non-hydrogen) atoms. The number of aromatic nitrogens is 1. The summed E-state index contributed by atoms with van der Waals surface area (Å²) in [6.07, 6.45) is 0. The zero-order valence-corrected chi connectivity index (χ0v) is 11.8. The molecular formula is C13H15BrN2O. The number of halogens is 1. The number of anilines is 1. The Bertz CT molecular complexity index is 555. The number of fused-ring (bicyclic) bond motifs is 1. The van der Waals surface area contributed by atoms with E-state index >= 15 is 0 Å². The maximum atomic E-state index is 5.34. The van der Waals surface area contributed by atoms with Crippen LogP contribution in [0.4, 0.5) is 5.82 Å². The Morgan fingerprint density at radius 2 is 2.18 bits per heavy atom. The fraction of sp³-hybridized carbons (Fsp3) is 0.308. The first-order valence-electron chi connectivity index (χ1n) is 5.55.